The summed E-state index contributed by atoms with van der Waals surface area (Å²) < 4.78 is 89.9. The number of nitrogens with zero attached hydrogens (tertiary/aromatic N) is 1. The fourth-order valence-corrected chi connectivity index (χ4v) is 17.1. The average Bonchev–Trinajstić information content (AvgIpc) is 0.762. The van der Waals surface area contributed by atoms with Crippen molar-refractivity contribution in [1.82, 2.24) is 36.8 Å². The Balaban J connectivity index is 1.88. The summed E-state index contributed by atoms with van der Waals surface area (Å²) in [7, 11) is 0. The van der Waals surface area contributed by atoms with E-state index in [1.807, 2.05) is 19.9 Å². The van der Waals surface area contributed by atoms with E-state index >= 15 is 9.59 Å². The maximum absolute atomic E-state index is 15.5. The fraction of sp³-hybridized carbons (Fsp3) is 0.750. The van der Waals surface area contributed by atoms with Crippen LogP contribution in [-0.4, -0.2) is 260 Å². The highest BCUT2D eigenvalue weighted by Gasteiger charge is 2.56. The highest BCUT2D eigenvalue weighted by molar-refractivity contribution is 5.81. The molecule has 1 aromatic carbocycles. The monoisotopic (exact) mass is 1860 g/mol. The van der Waals surface area contributed by atoms with E-state index in [-0.39, 0.29) is 117 Å². The lowest BCUT2D eigenvalue weighted by atomic mass is 9.74. The second-order valence-corrected chi connectivity index (χ2v) is 37.1. The summed E-state index contributed by atoms with van der Waals surface area (Å²) in [5.41, 5.74) is -7.55. The van der Waals surface area contributed by atoms with Crippen molar-refractivity contribution in [2.24, 2.45) is 29.6 Å². The number of nitrogens with one attached hydrogen (secondary N) is 6. The summed E-state index contributed by atoms with van der Waals surface area (Å²) in [5, 5.41) is 17.9. The van der Waals surface area contributed by atoms with Gasteiger partial charge in [0.25, 0.3) is 6.29 Å². The zero-order chi connectivity index (χ0) is 98.7. The minimum atomic E-state index is -2.03. The number of carbonyl (C=O) groups excluding carboxylic acids is 17. The standard InChI is InChI=1S/C92H145N7O32/c1-24-90(22,38-36-88(18,19)130-72-44-69(49-121-60(8)104)82(124-62(10)106)84(126-64(12)108)79(72)93-56(4)100)96-76(114)34-41-118-52-92(98-74(112)31-28-32-78(116)123-48-68-29-26-25-27-30-68)51-117-40-33-75(113)95-87(16,17)46-55(3)71(43-54(2)47-120-59(7)103)81(86(128-66(14)110)129-67(15)111)99(58(6)102)91(23,97-77(115)35-42-119-53-92)39-37-89(20,21)131-73-45-70(50-122-61(9)105)83(125-63(11)107)85(127-65(13)109)80(73)94-57(5)101/h25-27,29-30,54-55,69-73,79-86H,24,28,31-53H2,1-23H3,(H,93,100)(H,94,101)(H,95,113)(H,96,114)(H,97,115)(H,98,112). The van der Waals surface area contributed by atoms with Crippen LogP contribution >= 0.6 is 0 Å². The molecule has 3 aliphatic rings. The molecule has 740 valence electrons. The Bertz CT molecular complexity index is 4010. The Labute approximate surface area is 768 Å². The molecule has 39 nitrogen and oxygen atoms in total. The molecule has 17 atom stereocenters. The second-order valence-electron chi connectivity index (χ2n) is 37.1. The largest absolute Gasteiger partial charge is 0.466 e. The third-order valence-electron chi connectivity index (χ3n) is 22.9. The van der Waals surface area contributed by atoms with Crippen LogP contribution in [0.15, 0.2) is 30.3 Å². The summed E-state index contributed by atoms with van der Waals surface area (Å²) in [4.78, 5) is 230. The molecule has 17 unspecified atom stereocenters. The van der Waals surface area contributed by atoms with Crippen molar-refractivity contribution in [3.8, 4) is 0 Å². The molecular weight excluding hydrogens is 1720 g/mol. The molecule has 2 saturated carbocycles. The van der Waals surface area contributed by atoms with E-state index in [0.717, 1.165) is 40.2 Å². The molecule has 1 aliphatic heterocycles. The molecular formula is C92H145N7O32. The first-order valence-electron chi connectivity index (χ1n) is 44.8. The molecule has 0 spiro atoms. The number of benzene rings is 1. The van der Waals surface area contributed by atoms with E-state index in [2.05, 4.69) is 31.9 Å². The minimum Gasteiger partial charge on any atom is -0.466 e. The summed E-state index contributed by atoms with van der Waals surface area (Å²) in [6, 6.07) is 5.10. The van der Waals surface area contributed by atoms with Gasteiger partial charge in [0.1, 0.15) is 36.1 Å². The van der Waals surface area contributed by atoms with Crippen molar-refractivity contribution >= 4 is 101 Å². The molecule has 2 aliphatic carbocycles. The van der Waals surface area contributed by atoms with Gasteiger partial charge in [-0.2, -0.15) is 0 Å². The van der Waals surface area contributed by atoms with Crippen molar-refractivity contribution in [3.63, 3.8) is 0 Å². The van der Waals surface area contributed by atoms with E-state index in [1.54, 1.807) is 79.7 Å². The number of amides is 7. The molecule has 39 heteroatoms. The Morgan fingerprint density at radius 2 is 1.04 bits per heavy atom. The number of hydrogen-bond donors (Lipinski definition) is 6. The topological polar surface area (TPSA) is 504 Å². The summed E-state index contributed by atoms with van der Waals surface area (Å²) >= 11 is 0. The molecule has 0 bridgehead atoms. The van der Waals surface area contributed by atoms with Gasteiger partial charge in [0.2, 0.25) is 41.4 Å². The van der Waals surface area contributed by atoms with Crippen LogP contribution < -0.4 is 31.9 Å². The third kappa shape index (κ3) is 41.0. The Morgan fingerprint density at radius 3 is 1.49 bits per heavy atom. The van der Waals surface area contributed by atoms with Crippen LogP contribution in [0.2, 0.25) is 0 Å². The van der Waals surface area contributed by atoms with E-state index < -0.39 is 258 Å². The van der Waals surface area contributed by atoms with E-state index in [0.29, 0.717) is 12.8 Å². The van der Waals surface area contributed by atoms with Crippen molar-refractivity contribution in [1.29, 1.82) is 0 Å². The summed E-state index contributed by atoms with van der Waals surface area (Å²) in [5.74, 6) is -15.7. The van der Waals surface area contributed by atoms with Crippen molar-refractivity contribution in [3.05, 3.63) is 35.9 Å². The Morgan fingerprint density at radius 1 is 0.565 bits per heavy atom. The third-order valence-corrected chi connectivity index (χ3v) is 22.9. The van der Waals surface area contributed by atoms with Crippen molar-refractivity contribution < 1.29 is 153 Å². The first kappa shape index (κ1) is 113. The SMILES string of the molecule is CCC(C)(CCC(C)(C)OC1CC(COC(C)=O)C(OC(C)=O)C(OC(C)=O)C1NC(C)=O)NC(=O)CCOCC1(NC(=O)CCCC(=O)OCc2ccccc2)COCCC(=O)NC(C)(C)CC(C)C(CC(C)COC(C)=O)C(C(OC(C)=O)OC(C)=O)N(C(C)=O)C(C)(CCC(C)(C)OC2CC(COC(C)=O)C(OC(C)=O)C(OC(C)=O)C2NC(C)=O)NC(=O)CCOC1. The molecule has 1 heterocycles. The Kier molecular flexibility index (Phi) is 45.9. The van der Waals surface area contributed by atoms with E-state index in [9.17, 15) is 71.9 Å². The predicted octanol–water partition coefficient (Wildman–Crippen LogP) is 6.69. The molecule has 0 radical (unpaired) electrons. The lowest BCUT2D eigenvalue weighted by Gasteiger charge is -2.52. The van der Waals surface area contributed by atoms with Gasteiger partial charge in [-0.25, -0.2) is 0 Å². The van der Waals surface area contributed by atoms with Gasteiger partial charge < -0.3 is 108 Å². The van der Waals surface area contributed by atoms with Crippen LogP contribution in [-0.2, 0) is 159 Å². The fourth-order valence-electron chi connectivity index (χ4n) is 17.1. The molecule has 4 rings (SSSR count). The van der Waals surface area contributed by atoms with Gasteiger partial charge in [-0.05, 0) is 143 Å². The van der Waals surface area contributed by atoms with E-state index in [4.69, 9.17) is 71.1 Å². The van der Waals surface area contributed by atoms with Gasteiger partial charge >= 0.3 is 59.7 Å². The maximum Gasteiger partial charge on any atom is 0.306 e. The zero-order valence-corrected chi connectivity index (χ0v) is 80.7. The molecule has 0 aromatic heterocycles. The molecule has 1 saturated heterocycles. The first-order valence-corrected chi connectivity index (χ1v) is 44.8. The second kappa shape index (κ2) is 53.0. The van der Waals surface area contributed by atoms with Crippen LogP contribution in [0.5, 0.6) is 0 Å². The van der Waals surface area contributed by atoms with Gasteiger partial charge in [-0.15, -0.1) is 0 Å². The van der Waals surface area contributed by atoms with Gasteiger partial charge in [-0.3, -0.25) is 81.5 Å². The molecule has 7 amide bonds. The zero-order valence-electron chi connectivity index (χ0n) is 80.7. The quantitative estimate of drug-likeness (QED) is 0.0172. The summed E-state index contributed by atoms with van der Waals surface area (Å²) in [6.45, 7) is 30.0. The smallest absolute Gasteiger partial charge is 0.306 e. The van der Waals surface area contributed by atoms with Crippen LogP contribution in [0.4, 0.5) is 0 Å². The number of ether oxygens (including phenoxy) is 15. The van der Waals surface area contributed by atoms with Crippen LogP contribution in [0.3, 0.4) is 0 Å². The lowest BCUT2D eigenvalue weighted by molar-refractivity contribution is -0.215. The average molecular weight is 1860 g/mol. The first-order chi connectivity index (χ1) is 61.0. The van der Waals surface area contributed by atoms with Crippen LogP contribution in [0, 0.1) is 29.6 Å². The number of esters is 10. The van der Waals surface area contributed by atoms with Gasteiger partial charge in [-0.1, -0.05) is 51.1 Å². The van der Waals surface area contributed by atoms with Crippen molar-refractivity contribution in [2.75, 3.05) is 59.5 Å². The Hall–Kier alpha value is -9.99. The van der Waals surface area contributed by atoms with Gasteiger partial charge in [0.05, 0.1) is 101 Å². The highest BCUT2D eigenvalue weighted by Crippen LogP contribution is 2.43. The molecule has 131 heavy (non-hydrogen) atoms. The predicted molar refractivity (Wildman–Crippen MR) is 467 cm³/mol. The van der Waals surface area contributed by atoms with Crippen LogP contribution in [0.25, 0.3) is 0 Å². The lowest BCUT2D eigenvalue weighted by Crippen LogP contribution is -2.68. The summed E-state index contributed by atoms with van der Waals surface area (Å²) in [6.07, 6.45) is -10.0. The number of rotatable bonds is 41. The van der Waals surface area contributed by atoms with Gasteiger partial charge in [0.15, 0.2) is 12.2 Å². The highest BCUT2D eigenvalue weighted by atomic mass is 16.7. The normalized spacial score (nSPS) is 25.4. The van der Waals surface area contributed by atoms with Crippen LogP contribution in [0.1, 0.15) is 261 Å². The molecule has 6 N–H and O–H groups in total. The van der Waals surface area contributed by atoms with Gasteiger partial charge in [0, 0.05) is 132 Å². The minimum absolute atomic E-state index is 0.000889. The molecule has 1 aromatic rings. The van der Waals surface area contributed by atoms with E-state index in [1.165, 1.54) is 60.3 Å². The maximum atomic E-state index is 15.5. The number of hydrogen-bond acceptors (Lipinski definition) is 32. The molecule has 3 fully saturated rings. The van der Waals surface area contributed by atoms with Crippen molar-refractivity contribution in [2.45, 2.75) is 357 Å². The number of carbonyl (C=O) groups is 17.